The van der Waals surface area contributed by atoms with Gasteiger partial charge in [-0.15, -0.1) is 0 Å². The first-order valence-electron chi connectivity index (χ1n) is 6.25. The highest BCUT2D eigenvalue weighted by Crippen LogP contribution is 2.26. The van der Waals surface area contributed by atoms with Crippen molar-refractivity contribution in [2.45, 2.75) is 6.92 Å². The van der Waals surface area contributed by atoms with Crippen LogP contribution in [0.15, 0.2) is 47.7 Å². The van der Waals surface area contributed by atoms with Crippen LogP contribution in [-0.4, -0.2) is 28.8 Å². The summed E-state index contributed by atoms with van der Waals surface area (Å²) in [5, 5.41) is 13.6. The number of ether oxygens (including phenoxy) is 1. The highest BCUT2D eigenvalue weighted by Gasteiger charge is 2.07. The second kappa shape index (κ2) is 6.51. The van der Waals surface area contributed by atoms with Crippen molar-refractivity contribution in [2.75, 3.05) is 7.11 Å². The lowest BCUT2D eigenvalue weighted by Gasteiger charge is -2.06. The van der Waals surface area contributed by atoms with Crippen molar-refractivity contribution in [1.29, 1.82) is 0 Å². The minimum Gasteiger partial charge on any atom is -0.504 e. The Kier molecular flexibility index (Phi) is 4.50. The number of amides is 1. The van der Waals surface area contributed by atoms with Crippen molar-refractivity contribution < 1.29 is 14.6 Å². The Morgan fingerprint density at radius 2 is 2.14 bits per heavy atom. The van der Waals surface area contributed by atoms with E-state index in [-0.39, 0.29) is 17.4 Å². The van der Waals surface area contributed by atoms with Crippen molar-refractivity contribution in [1.82, 2.24) is 10.4 Å². The number of benzene rings is 1. The molecule has 0 saturated heterocycles. The molecule has 0 aliphatic carbocycles. The van der Waals surface area contributed by atoms with E-state index in [1.165, 1.54) is 19.4 Å². The number of phenols is 1. The summed E-state index contributed by atoms with van der Waals surface area (Å²) in [7, 11) is 1.47. The van der Waals surface area contributed by atoms with Gasteiger partial charge in [0, 0.05) is 11.8 Å². The summed E-state index contributed by atoms with van der Waals surface area (Å²) >= 11 is 0. The number of pyridine rings is 1. The summed E-state index contributed by atoms with van der Waals surface area (Å²) in [4.78, 5) is 15.7. The van der Waals surface area contributed by atoms with E-state index >= 15 is 0 Å². The van der Waals surface area contributed by atoms with Gasteiger partial charge in [-0.05, 0) is 37.3 Å². The zero-order valence-corrected chi connectivity index (χ0v) is 11.7. The molecule has 21 heavy (non-hydrogen) atoms. The molecule has 1 heterocycles. The molecule has 0 aliphatic rings. The molecule has 1 aromatic carbocycles. The molecule has 108 valence electrons. The first-order valence-corrected chi connectivity index (χ1v) is 6.25. The van der Waals surface area contributed by atoms with Crippen LogP contribution in [-0.2, 0) is 0 Å². The molecule has 0 unspecified atom stereocenters. The molecular weight excluding hydrogens is 270 g/mol. The minimum atomic E-state index is -0.388. The van der Waals surface area contributed by atoms with Gasteiger partial charge in [0.05, 0.1) is 12.8 Å². The molecular formula is C15H15N3O3. The number of nitrogens with zero attached hydrogens (tertiary/aromatic N) is 2. The summed E-state index contributed by atoms with van der Waals surface area (Å²) in [6, 6.07) is 9.89. The van der Waals surface area contributed by atoms with Gasteiger partial charge in [-0.25, -0.2) is 5.43 Å². The van der Waals surface area contributed by atoms with Crippen molar-refractivity contribution in [2.24, 2.45) is 5.10 Å². The quantitative estimate of drug-likeness (QED) is 0.664. The Morgan fingerprint density at radius 1 is 1.33 bits per heavy atom. The normalized spacial score (nSPS) is 11.0. The zero-order chi connectivity index (χ0) is 15.2. The van der Waals surface area contributed by atoms with Gasteiger partial charge in [-0.1, -0.05) is 6.07 Å². The van der Waals surface area contributed by atoms with E-state index in [0.29, 0.717) is 11.5 Å². The number of rotatable bonds is 4. The molecule has 0 atom stereocenters. The van der Waals surface area contributed by atoms with Crippen molar-refractivity contribution in [3.8, 4) is 11.5 Å². The van der Waals surface area contributed by atoms with Crippen molar-refractivity contribution >= 4 is 11.6 Å². The van der Waals surface area contributed by atoms with Gasteiger partial charge in [-0.3, -0.25) is 9.78 Å². The van der Waals surface area contributed by atoms with E-state index in [9.17, 15) is 9.90 Å². The van der Waals surface area contributed by atoms with E-state index in [4.69, 9.17) is 4.74 Å². The third-order valence-electron chi connectivity index (χ3n) is 2.82. The topological polar surface area (TPSA) is 83.8 Å². The standard InChI is InChI=1S/C15H15N3O3/c1-10(11-6-7-13(19)14(9-11)21-2)17-18-15(20)12-5-3-4-8-16-12/h3-9,19H,1-2H3,(H,18,20)/b17-10-. The molecule has 2 aromatic rings. The average Bonchev–Trinajstić information content (AvgIpc) is 2.53. The molecule has 0 bridgehead atoms. The Morgan fingerprint density at radius 3 is 2.81 bits per heavy atom. The number of hydrazone groups is 1. The predicted octanol–water partition coefficient (Wildman–Crippen LogP) is 1.95. The number of aromatic nitrogens is 1. The number of carbonyl (C=O) groups excluding carboxylic acids is 1. The van der Waals surface area contributed by atoms with Gasteiger partial charge in [0.25, 0.3) is 5.91 Å². The summed E-state index contributed by atoms with van der Waals surface area (Å²) in [6.07, 6.45) is 1.54. The summed E-state index contributed by atoms with van der Waals surface area (Å²) in [5.74, 6) is 0.00497. The number of carbonyl (C=O) groups is 1. The fraction of sp³-hybridized carbons (Fsp3) is 0.133. The fourth-order valence-electron chi connectivity index (χ4n) is 1.66. The molecule has 0 saturated carbocycles. The number of hydrogen-bond donors (Lipinski definition) is 2. The summed E-state index contributed by atoms with van der Waals surface area (Å²) in [5.41, 5.74) is 4.03. The van der Waals surface area contributed by atoms with E-state index in [0.717, 1.165) is 5.56 Å². The summed E-state index contributed by atoms with van der Waals surface area (Å²) in [6.45, 7) is 1.74. The van der Waals surface area contributed by atoms with Crippen LogP contribution in [0.2, 0.25) is 0 Å². The smallest absolute Gasteiger partial charge is 0.289 e. The first kappa shape index (κ1) is 14.5. The SMILES string of the molecule is COc1cc(/C(C)=N\NC(=O)c2ccccn2)ccc1O. The molecule has 0 aliphatic heterocycles. The molecule has 1 aromatic heterocycles. The lowest BCUT2D eigenvalue weighted by Crippen LogP contribution is -2.20. The largest absolute Gasteiger partial charge is 0.504 e. The van der Waals surface area contributed by atoms with Gasteiger partial charge in [0.15, 0.2) is 11.5 Å². The predicted molar refractivity (Wildman–Crippen MR) is 78.6 cm³/mol. The fourth-order valence-corrected chi connectivity index (χ4v) is 1.66. The van der Waals surface area contributed by atoms with Crippen LogP contribution < -0.4 is 10.2 Å². The van der Waals surface area contributed by atoms with E-state index in [1.807, 2.05) is 0 Å². The Hall–Kier alpha value is -2.89. The third kappa shape index (κ3) is 3.56. The Balaban J connectivity index is 2.13. The van der Waals surface area contributed by atoms with Crippen LogP contribution in [0, 0.1) is 0 Å². The van der Waals surface area contributed by atoms with Gasteiger partial charge >= 0.3 is 0 Å². The maximum atomic E-state index is 11.8. The van der Waals surface area contributed by atoms with Crippen LogP contribution in [0.5, 0.6) is 11.5 Å². The number of hydrogen-bond acceptors (Lipinski definition) is 5. The lowest BCUT2D eigenvalue weighted by atomic mass is 10.1. The van der Waals surface area contributed by atoms with Crippen molar-refractivity contribution in [3.05, 3.63) is 53.9 Å². The minimum absolute atomic E-state index is 0.0478. The molecule has 0 spiro atoms. The van der Waals surface area contributed by atoms with E-state index in [1.54, 1.807) is 37.3 Å². The van der Waals surface area contributed by atoms with Gasteiger partial charge in [-0.2, -0.15) is 5.10 Å². The number of aromatic hydroxyl groups is 1. The monoisotopic (exact) mass is 285 g/mol. The van der Waals surface area contributed by atoms with Crippen LogP contribution in [0.1, 0.15) is 23.0 Å². The van der Waals surface area contributed by atoms with Crippen LogP contribution >= 0.6 is 0 Å². The van der Waals surface area contributed by atoms with E-state index in [2.05, 4.69) is 15.5 Å². The maximum absolute atomic E-state index is 11.8. The maximum Gasteiger partial charge on any atom is 0.289 e. The number of phenolic OH excluding ortho intramolecular Hbond substituents is 1. The summed E-state index contributed by atoms with van der Waals surface area (Å²) < 4.78 is 5.03. The zero-order valence-electron chi connectivity index (χ0n) is 11.7. The molecule has 1 amide bonds. The third-order valence-corrected chi connectivity index (χ3v) is 2.82. The second-order valence-corrected chi connectivity index (χ2v) is 4.24. The van der Waals surface area contributed by atoms with E-state index < -0.39 is 0 Å². The van der Waals surface area contributed by atoms with Gasteiger partial charge in [0.2, 0.25) is 0 Å². The Bertz CT molecular complexity index is 669. The lowest BCUT2D eigenvalue weighted by molar-refractivity contribution is 0.0950. The molecule has 2 rings (SSSR count). The Labute approximate surface area is 122 Å². The average molecular weight is 285 g/mol. The molecule has 6 heteroatoms. The van der Waals surface area contributed by atoms with Gasteiger partial charge in [0.1, 0.15) is 5.69 Å². The second-order valence-electron chi connectivity index (χ2n) is 4.24. The number of methoxy groups -OCH3 is 1. The van der Waals surface area contributed by atoms with Crippen molar-refractivity contribution in [3.63, 3.8) is 0 Å². The van der Waals surface area contributed by atoms with Crippen LogP contribution in [0.3, 0.4) is 0 Å². The van der Waals surface area contributed by atoms with Crippen LogP contribution in [0.25, 0.3) is 0 Å². The molecule has 2 N–H and O–H groups in total. The molecule has 6 nitrogen and oxygen atoms in total. The highest BCUT2D eigenvalue weighted by atomic mass is 16.5. The number of nitrogens with one attached hydrogen (secondary N) is 1. The van der Waals surface area contributed by atoms with Gasteiger partial charge < -0.3 is 9.84 Å². The molecule has 0 radical (unpaired) electrons. The molecule has 0 fully saturated rings. The van der Waals surface area contributed by atoms with Crippen LogP contribution in [0.4, 0.5) is 0 Å². The first-order chi connectivity index (χ1) is 10.1. The highest BCUT2D eigenvalue weighted by molar-refractivity contribution is 6.00.